The fourth-order valence-corrected chi connectivity index (χ4v) is 3.70. The van der Waals surface area contributed by atoms with E-state index in [2.05, 4.69) is 0 Å². The van der Waals surface area contributed by atoms with Gasteiger partial charge in [-0.25, -0.2) is 13.6 Å². The lowest BCUT2D eigenvalue weighted by Gasteiger charge is -2.28. The molecule has 27 heavy (non-hydrogen) atoms. The van der Waals surface area contributed by atoms with Crippen LogP contribution in [0.3, 0.4) is 0 Å². The van der Waals surface area contributed by atoms with E-state index in [9.17, 15) is 18.0 Å². The molecule has 2 aromatic rings. The molecule has 142 valence electrons. The van der Waals surface area contributed by atoms with Crippen LogP contribution >= 0.6 is 0 Å². The first-order valence-corrected chi connectivity index (χ1v) is 9.55. The third kappa shape index (κ3) is 3.51. The number of nitrogens with zero attached hydrogens (tertiary/aromatic N) is 1. The van der Waals surface area contributed by atoms with E-state index >= 15 is 0 Å². The first kappa shape index (κ1) is 18.9. The lowest BCUT2D eigenvalue weighted by Crippen LogP contribution is -2.42. The third-order valence-electron chi connectivity index (χ3n) is 4.34. The number of fused-ring (bicyclic) bond motifs is 1. The smallest absolute Gasteiger partial charge is 0.261 e. The van der Waals surface area contributed by atoms with Gasteiger partial charge < -0.3 is 9.47 Å². The zero-order chi connectivity index (χ0) is 19.8. The van der Waals surface area contributed by atoms with Crippen molar-refractivity contribution in [3.8, 4) is 11.5 Å². The molecule has 0 fully saturated rings. The Morgan fingerprint density at radius 2 is 1.89 bits per heavy atom. The first-order chi connectivity index (χ1) is 12.8. The summed E-state index contributed by atoms with van der Waals surface area (Å²) in [5, 5.41) is 5.21. The zero-order valence-corrected chi connectivity index (χ0v) is 15.6. The number of primary sulfonamides is 1. The minimum absolute atomic E-state index is 0.0414. The Bertz CT molecular complexity index is 1030. The maximum atomic E-state index is 12.9. The molecular formula is C18H18N2O6S. The number of amides is 2. The Balaban J connectivity index is 2.00. The number of ether oxygens (including phenoxy) is 2. The van der Waals surface area contributed by atoms with E-state index in [4.69, 9.17) is 14.6 Å². The largest absolute Gasteiger partial charge is 0.497 e. The van der Waals surface area contributed by atoms with Crippen molar-refractivity contribution in [1.82, 2.24) is 4.90 Å². The molecule has 2 N–H and O–H groups in total. The van der Waals surface area contributed by atoms with E-state index in [1.165, 1.54) is 26.4 Å². The Hall–Kier alpha value is -2.91. The minimum Gasteiger partial charge on any atom is -0.497 e. The van der Waals surface area contributed by atoms with Crippen LogP contribution in [0.4, 0.5) is 0 Å². The van der Waals surface area contributed by atoms with Gasteiger partial charge in [-0.1, -0.05) is 6.07 Å². The lowest BCUT2D eigenvalue weighted by atomic mass is 9.98. The molecule has 0 spiro atoms. The number of imide groups is 1. The van der Waals surface area contributed by atoms with Crippen molar-refractivity contribution in [1.29, 1.82) is 0 Å². The van der Waals surface area contributed by atoms with Crippen molar-refractivity contribution in [2.45, 2.75) is 11.3 Å². The van der Waals surface area contributed by atoms with Crippen LogP contribution in [-0.4, -0.2) is 45.9 Å². The maximum absolute atomic E-state index is 12.9. The summed E-state index contributed by atoms with van der Waals surface area (Å²) in [5.41, 5.74) is 1.03. The fourth-order valence-electron chi connectivity index (χ4n) is 2.97. The van der Waals surface area contributed by atoms with Gasteiger partial charge in [0.1, 0.15) is 16.4 Å². The van der Waals surface area contributed by atoms with Gasteiger partial charge in [-0.3, -0.25) is 14.5 Å². The van der Waals surface area contributed by atoms with Gasteiger partial charge in [-0.15, -0.1) is 0 Å². The summed E-state index contributed by atoms with van der Waals surface area (Å²) in [4.78, 5) is 26.6. The van der Waals surface area contributed by atoms with Crippen molar-refractivity contribution in [2.24, 2.45) is 5.14 Å². The normalized spacial score (nSPS) is 13.9. The lowest BCUT2D eigenvalue weighted by molar-refractivity contribution is 0.0604. The van der Waals surface area contributed by atoms with E-state index in [1.54, 1.807) is 24.3 Å². The number of nitrogens with two attached hydrogens (primary N) is 1. The highest BCUT2D eigenvalue weighted by Gasteiger charge is 2.32. The maximum Gasteiger partial charge on any atom is 0.261 e. The zero-order valence-electron chi connectivity index (χ0n) is 14.8. The van der Waals surface area contributed by atoms with Crippen LogP contribution in [0.1, 0.15) is 26.3 Å². The van der Waals surface area contributed by atoms with Gasteiger partial charge in [0.15, 0.2) is 0 Å². The summed E-state index contributed by atoms with van der Waals surface area (Å²) in [6.07, 6.45) is 0.309. The van der Waals surface area contributed by atoms with Gasteiger partial charge in [0.05, 0.1) is 14.2 Å². The number of benzene rings is 2. The van der Waals surface area contributed by atoms with Crippen LogP contribution in [-0.2, 0) is 16.4 Å². The van der Waals surface area contributed by atoms with E-state index in [-0.39, 0.29) is 22.8 Å². The van der Waals surface area contributed by atoms with Crippen molar-refractivity contribution >= 4 is 21.8 Å². The molecule has 1 heterocycles. The molecule has 2 aromatic carbocycles. The summed E-state index contributed by atoms with van der Waals surface area (Å²) < 4.78 is 33.6. The van der Waals surface area contributed by atoms with E-state index in [1.807, 2.05) is 0 Å². The number of hydrogen-bond acceptors (Lipinski definition) is 6. The second-order valence-corrected chi connectivity index (χ2v) is 7.48. The molecule has 8 nitrogen and oxygen atoms in total. The average molecular weight is 390 g/mol. The molecule has 0 saturated heterocycles. The molecule has 3 rings (SSSR count). The Morgan fingerprint density at radius 1 is 1.15 bits per heavy atom. The summed E-state index contributed by atoms with van der Waals surface area (Å²) in [7, 11) is -1.24. The van der Waals surface area contributed by atoms with Crippen LogP contribution in [0.15, 0.2) is 41.3 Å². The molecule has 0 bridgehead atoms. The average Bonchev–Trinajstić information content (AvgIpc) is 2.66. The number of rotatable bonds is 4. The first-order valence-electron chi connectivity index (χ1n) is 8.00. The predicted molar refractivity (Wildman–Crippen MR) is 96.4 cm³/mol. The number of carbonyl (C=O) groups excluding carboxylic acids is 2. The monoisotopic (exact) mass is 390 g/mol. The SMILES string of the molecule is COc1cccc(C(=O)N2CCc3cc(S(N)(=O)=O)c(OC)cc3C2=O)c1. The topological polar surface area (TPSA) is 116 Å². The van der Waals surface area contributed by atoms with Crippen molar-refractivity contribution in [3.05, 3.63) is 53.1 Å². The molecule has 0 aliphatic carbocycles. The molecule has 9 heteroatoms. The molecule has 1 aliphatic rings. The summed E-state index contributed by atoms with van der Waals surface area (Å²) in [6, 6.07) is 9.14. The van der Waals surface area contributed by atoms with Crippen LogP contribution in [0, 0.1) is 0 Å². The Morgan fingerprint density at radius 3 is 2.52 bits per heavy atom. The summed E-state index contributed by atoms with van der Waals surface area (Å²) >= 11 is 0. The summed E-state index contributed by atoms with van der Waals surface area (Å²) in [6.45, 7) is 0.123. The van der Waals surface area contributed by atoms with Gasteiger partial charge >= 0.3 is 0 Å². The van der Waals surface area contributed by atoms with Crippen molar-refractivity contribution < 1.29 is 27.5 Å². The molecule has 0 saturated carbocycles. The van der Waals surface area contributed by atoms with Crippen LogP contribution in [0.2, 0.25) is 0 Å². The quantitative estimate of drug-likeness (QED) is 0.784. The number of methoxy groups -OCH3 is 2. The number of sulfonamides is 1. The molecule has 0 unspecified atom stereocenters. The Kier molecular flexibility index (Phi) is 4.90. The van der Waals surface area contributed by atoms with Crippen molar-refractivity contribution in [3.63, 3.8) is 0 Å². The minimum atomic E-state index is -4.01. The molecule has 0 radical (unpaired) electrons. The second-order valence-electron chi connectivity index (χ2n) is 5.95. The van der Waals surface area contributed by atoms with E-state index in [0.29, 0.717) is 23.3 Å². The highest BCUT2D eigenvalue weighted by atomic mass is 32.2. The van der Waals surface area contributed by atoms with Gasteiger partial charge in [0.25, 0.3) is 11.8 Å². The fraction of sp³-hybridized carbons (Fsp3) is 0.222. The predicted octanol–water partition coefficient (Wildman–Crippen LogP) is 1.19. The molecule has 2 amide bonds. The highest BCUT2D eigenvalue weighted by molar-refractivity contribution is 7.89. The van der Waals surface area contributed by atoms with Gasteiger partial charge in [-0.05, 0) is 42.3 Å². The van der Waals surface area contributed by atoms with E-state index < -0.39 is 21.8 Å². The Labute approximate surface area is 156 Å². The van der Waals surface area contributed by atoms with Crippen LogP contribution in [0.25, 0.3) is 0 Å². The summed E-state index contributed by atoms with van der Waals surface area (Å²) in [5.74, 6) is -0.521. The number of hydrogen-bond donors (Lipinski definition) is 1. The van der Waals surface area contributed by atoms with Gasteiger partial charge in [0, 0.05) is 17.7 Å². The molecule has 0 atom stereocenters. The van der Waals surface area contributed by atoms with Crippen LogP contribution in [0.5, 0.6) is 11.5 Å². The highest BCUT2D eigenvalue weighted by Crippen LogP contribution is 2.31. The second kappa shape index (κ2) is 7.01. The third-order valence-corrected chi connectivity index (χ3v) is 5.27. The van der Waals surface area contributed by atoms with Crippen molar-refractivity contribution in [2.75, 3.05) is 20.8 Å². The molecule has 0 aromatic heterocycles. The van der Waals surface area contributed by atoms with Crippen LogP contribution < -0.4 is 14.6 Å². The van der Waals surface area contributed by atoms with Gasteiger partial charge in [-0.2, -0.15) is 0 Å². The van der Waals surface area contributed by atoms with E-state index in [0.717, 1.165) is 4.90 Å². The van der Waals surface area contributed by atoms with Gasteiger partial charge in [0.2, 0.25) is 10.0 Å². The molecular weight excluding hydrogens is 372 g/mol. The molecule has 1 aliphatic heterocycles. The number of carbonyl (C=O) groups is 2. The standard InChI is InChI=1S/C18H18N2O6S/c1-25-13-5-3-4-12(8-13)17(21)20-7-6-11-9-16(27(19,23)24)15(26-2)10-14(11)18(20)22/h3-5,8-10H,6-7H2,1-2H3,(H2,19,23,24).